The summed E-state index contributed by atoms with van der Waals surface area (Å²) in [6.45, 7) is 15.8. The number of unbranched alkanes of at least 4 members (excludes halogenated alkanes) is 1. The molecule has 4 rings (SSSR count). The summed E-state index contributed by atoms with van der Waals surface area (Å²) in [5, 5.41) is 21.8. The molecule has 3 aromatic rings. The zero-order chi connectivity index (χ0) is 39.1. The van der Waals surface area contributed by atoms with Gasteiger partial charge in [0.2, 0.25) is 11.8 Å². The van der Waals surface area contributed by atoms with Gasteiger partial charge in [0.1, 0.15) is 5.75 Å². The molecule has 0 unspecified atom stereocenters. The van der Waals surface area contributed by atoms with E-state index in [2.05, 4.69) is 17.5 Å². The van der Waals surface area contributed by atoms with E-state index >= 15 is 0 Å². The zero-order valence-corrected chi connectivity index (χ0v) is 31.7. The van der Waals surface area contributed by atoms with Crippen LogP contribution in [-0.2, 0) is 27.2 Å². The highest BCUT2D eigenvalue weighted by Gasteiger charge is 2.37. The minimum absolute atomic E-state index is 0.0701. The molecule has 0 aliphatic carbocycles. The van der Waals surface area contributed by atoms with Crippen molar-refractivity contribution in [1.82, 2.24) is 19.8 Å². The van der Waals surface area contributed by atoms with Crippen LogP contribution in [-0.4, -0.2) is 68.2 Å². The number of carbonyl (C=O) groups is 3. The Bertz CT molecular complexity index is 1880. The summed E-state index contributed by atoms with van der Waals surface area (Å²) in [6, 6.07) is 14.5. The van der Waals surface area contributed by atoms with E-state index in [0.29, 0.717) is 53.1 Å². The van der Waals surface area contributed by atoms with Gasteiger partial charge in [-0.25, -0.2) is 14.6 Å². The summed E-state index contributed by atoms with van der Waals surface area (Å²) in [7, 11) is 0. The van der Waals surface area contributed by atoms with Crippen LogP contribution in [0.25, 0.3) is 0 Å². The van der Waals surface area contributed by atoms with Gasteiger partial charge in [-0.2, -0.15) is 15.5 Å². The average Bonchev–Trinajstić information content (AvgIpc) is 3.07. The van der Waals surface area contributed by atoms with Gasteiger partial charge in [0.05, 0.1) is 47.7 Å². The number of aryl methyl sites for hydroxylation is 2. The number of benzene rings is 2. The van der Waals surface area contributed by atoms with Crippen LogP contribution >= 0.6 is 0 Å². The molecule has 0 radical (unpaired) electrons. The molecular weight excluding hydrogens is 676 g/mol. The maximum atomic E-state index is 13.9. The first-order valence-electron chi connectivity index (χ1n) is 17.5. The minimum atomic E-state index is -1.16. The monoisotopic (exact) mass is 724 g/mol. The number of ether oxygens (including phenoxy) is 3. The van der Waals surface area contributed by atoms with Crippen LogP contribution in [0.15, 0.2) is 36.4 Å². The molecule has 0 saturated heterocycles. The predicted molar refractivity (Wildman–Crippen MR) is 197 cm³/mol. The highest BCUT2D eigenvalue weighted by Crippen LogP contribution is 2.35. The van der Waals surface area contributed by atoms with E-state index in [1.165, 1.54) is 0 Å². The summed E-state index contributed by atoms with van der Waals surface area (Å²) in [4.78, 5) is 51.4. The molecule has 1 aliphatic heterocycles. The molecule has 280 valence electrons. The lowest BCUT2D eigenvalue weighted by Gasteiger charge is -2.44. The number of aromatic nitrogens is 2. The molecule has 53 heavy (non-hydrogen) atoms. The topological polar surface area (TPSA) is 197 Å². The normalized spacial score (nSPS) is 13.1. The maximum absolute atomic E-state index is 13.9. The van der Waals surface area contributed by atoms with Gasteiger partial charge in [-0.05, 0) is 122 Å². The van der Waals surface area contributed by atoms with E-state index in [1.807, 2.05) is 55.4 Å². The lowest BCUT2D eigenvalue weighted by molar-refractivity contribution is -0.141. The Kier molecular flexibility index (Phi) is 12.5. The predicted octanol–water partition coefficient (Wildman–Crippen LogP) is 6.93. The van der Waals surface area contributed by atoms with Crippen LogP contribution in [0.4, 0.5) is 21.2 Å². The molecule has 0 bridgehead atoms. The standard InChI is InChI=1S/C39H48N8O6/c1-24-19-27(22-41)20-25(2)32(24)53-33-29-23-46(17-16-30(29)44-36(45-33)43-28-14-12-26(21-40)13-15-28)34(48)31(52-35(42)49)11-9-10-18-51-37(50)47(38(3,4)5)39(6,7)8/h12-15,19-20,31H,9-11,16-18,23H2,1-8H3,(H2,42,49)(H,43,44,45)/t31-/m0/s1. The first-order valence-corrected chi connectivity index (χ1v) is 17.5. The number of amides is 3. The van der Waals surface area contributed by atoms with E-state index in [1.54, 1.807) is 46.2 Å². The molecule has 3 N–H and O–H groups in total. The van der Waals surface area contributed by atoms with Crippen LogP contribution in [0.1, 0.15) is 94.3 Å². The molecule has 2 heterocycles. The van der Waals surface area contributed by atoms with Crippen LogP contribution < -0.4 is 15.8 Å². The number of nitrogens with two attached hydrogens (primary N) is 1. The molecule has 1 atom stereocenters. The van der Waals surface area contributed by atoms with Crippen molar-refractivity contribution in [2.75, 3.05) is 18.5 Å². The quantitative estimate of drug-likeness (QED) is 0.195. The number of hydrogen-bond acceptors (Lipinski definition) is 11. The summed E-state index contributed by atoms with van der Waals surface area (Å²) in [5.74, 6) is 0.556. The number of primary amides is 1. The molecule has 0 fully saturated rings. The first-order chi connectivity index (χ1) is 24.9. The highest BCUT2D eigenvalue weighted by molar-refractivity contribution is 5.83. The number of nitrogens with zero attached hydrogens (tertiary/aromatic N) is 6. The Labute approximate surface area is 310 Å². The van der Waals surface area contributed by atoms with Gasteiger partial charge in [0, 0.05) is 29.7 Å². The number of nitrogens with one attached hydrogen (secondary N) is 1. The van der Waals surface area contributed by atoms with Gasteiger partial charge in [-0.3, -0.25) is 9.69 Å². The SMILES string of the molecule is Cc1cc(C#N)cc(C)c1Oc1nc(Nc2ccc(C#N)cc2)nc2c1CN(C(=O)[C@H](CCCCOC(=O)N(C(C)(C)C)C(C)(C)C)OC(N)=O)CC2. The van der Waals surface area contributed by atoms with Crippen LogP contribution in [0.5, 0.6) is 11.6 Å². The van der Waals surface area contributed by atoms with E-state index in [-0.39, 0.29) is 37.9 Å². The molecule has 0 spiro atoms. The summed E-state index contributed by atoms with van der Waals surface area (Å²) in [6.07, 6.45) is -1.28. The molecular formula is C39H48N8O6. The molecule has 2 aromatic carbocycles. The smallest absolute Gasteiger partial charge is 0.410 e. The van der Waals surface area contributed by atoms with Crippen molar-refractivity contribution in [3.8, 4) is 23.8 Å². The van der Waals surface area contributed by atoms with Gasteiger partial charge >= 0.3 is 12.2 Å². The van der Waals surface area contributed by atoms with Crippen molar-refractivity contribution in [2.45, 2.75) is 105 Å². The van der Waals surface area contributed by atoms with Gasteiger partial charge in [0.15, 0.2) is 6.10 Å². The third-order valence-corrected chi connectivity index (χ3v) is 8.54. The number of rotatable bonds is 11. The minimum Gasteiger partial charge on any atom is -0.449 e. The van der Waals surface area contributed by atoms with Crippen molar-refractivity contribution in [2.24, 2.45) is 5.73 Å². The fraction of sp³-hybridized carbons (Fsp3) is 0.462. The van der Waals surface area contributed by atoms with Crippen molar-refractivity contribution < 1.29 is 28.6 Å². The Balaban J connectivity index is 1.53. The number of carbonyl (C=O) groups excluding carboxylic acids is 3. The second kappa shape index (κ2) is 16.6. The van der Waals surface area contributed by atoms with Gasteiger partial charge in [-0.15, -0.1) is 0 Å². The lowest BCUT2D eigenvalue weighted by Crippen LogP contribution is -2.55. The fourth-order valence-electron chi connectivity index (χ4n) is 6.53. The molecule has 14 heteroatoms. The fourth-order valence-corrected chi connectivity index (χ4v) is 6.53. The number of anilines is 2. The van der Waals surface area contributed by atoms with E-state index in [9.17, 15) is 24.9 Å². The number of nitriles is 2. The Morgan fingerprint density at radius 3 is 2.15 bits per heavy atom. The molecule has 1 aliphatic rings. The van der Waals surface area contributed by atoms with Gasteiger partial charge in [0.25, 0.3) is 5.91 Å². The number of hydrogen-bond donors (Lipinski definition) is 2. The van der Waals surface area contributed by atoms with E-state index in [4.69, 9.17) is 29.9 Å². The summed E-state index contributed by atoms with van der Waals surface area (Å²) in [5.41, 5.74) is 8.84. The number of fused-ring (bicyclic) bond motifs is 1. The van der Waals surface area contributed by atoms with Crippen molar-refractivity contribution in [1.29, 1.82) is 10.5 Å². The van der Waals surface area contributed by atoms with Crippen molar-refractivity contribution >= 4 is 29.7 Å². The second-order valence-corrected chi connectivity index (χ2v) is 15.0. The molecule has 14 nitrogen and oxygen atoms in total. The maximum Gasteiger partial charge on any atom is 0.410 e. The van der Waals surface area contributed by atoms with Gasteiger partial charge < -0.3 is 30.2 Å². The second-order valence-electron chi connectivity index (χ2n) is 15.0. The average molecular weight is 725 g/mol. The van der Waals surface area contributed by atoms with Gasteiger partial charge in [-0.1, -0.05) is 0 Å². The van der Waals surface area contributed by atoms with Crippen molar-refractivity contribution in [3.63, 3.8) is 0 Å². The van der Waals surface area contributed by atoms with E-state index < -0.39 is 35.3 Å². The molecule has 0 saturated carbocycles. The van der Waals surface area contributed by atoms with E-state index in [0.717, 1.165) is 11.1 Å². The Hall–Kier alpha value is -5.89. The lowest BCUT2D eigenvalue weighted by atomic mass is 9.97. The first kappa shape index (κ1) is 39.9. The zero-order valence-electron chi connectivity index (χ0n) is 31.7. The largest absolute Gasteiger partial charge is 0.449 e. The Morgan fingerprint density at radius 2 is 1.58 bits per heavy atom. The third-order valence-electron chi connectivity index (χ3n) is 8.54. The summed E-state index contributed by atoms with van der Waals surface area (Å²) < 4.78 is 17.3. The van der Waals surface area contributed by atoms with Crippen LogP contribution in [0.2, 0.25) is 0 Å². The summed E-state index contributed by atoms with van der Waals surface area (Å²) >= 11 is 0. The molecule has 3 amide bonds. The van der Waals surface area contributed by atoms with Crippen LogP contribution in [0.3, 0.4) is 0 Å². The molecule has 1 aromatic heterocycles. The highest BCUT2D eigenvalue weighted by atomic mass is 16.6. The Morgan fingerprint density at radius 1 is 0.962 bits per heavy atom. The van der Waals surface area contributed by atoms with Crippen molar-refractivity contribution in [3.05, 3.63) is 69.9 Å². The third kappa shape index (κ3) is 10.3. The van der Waals surface area contributed by atoms with Crippen LogP contribution in [0, 0.1) is 36.5 Å².